The highest BCUT2D eigenvalue weighted by Gasteiger charge is 2.32. The molecule has 140 valence electrons. The number of furan rings is 1. The number of hydrogen-bond donors (Lipinski definition) is 0. The van der Waals surface area contributed by atoms with Crippen molar-refractivity contribution in [2.75, 3.05) is 31.1 Å². The average molecular weight is 365 g/mol. The summed E-state index contributed by atoms with van der Waals surface area (Å²) in [4.78, 5) is 14.5. The third kappa shape index (κ3) is 2.92. The lowest BCUT2D eigenvalue weighted by Gasteiger charge is -2.37. The van der Waals surface area contributed by atoms with Crippen molar-refractivity contribution in [2.24, 2.45) is 0 Å². The van der Waals surface area contributed by atoms with E-state index in [1.54, 1.807) is 6.26 Å². The van der Waals surface area contributed by atoms with Gasteiger partial charge in [0.25, 0.3) is 0 Å². The monoisotopic (exact) mass is 365 g/mol. The van der Waals surface area contributed by atoms with Crippen molar-refractivity contribution in [3.05, 3.63) is 36.0 Å². The van der Waals surface area contributed by atoms with Crippen LogP contribution in [0.4, 0.5) is 5.95 Å². The molecule has 0 spiro atoms. The number of nitrogens with zero attached hydrogens (tertiary/aromatic N) is 5. The first-order valence-corrected chi connectivity index (χ1v) is 9.53. The highest BCUT2D eigenvalue weighted by Crippen LogP contribution is 2.34. The molecule has 0 N–H and O–H groups in total. The van der Waals surface area contributed by atoms with E-state index < -0.39 is 0 Å². The molecular weight excluding hydrogens is 342 g/mol. The lowest BCUT2D eigenvalue weighted by Crippen LogP contribution is -2.50. The minimum absolute atomic E-state index is 0.623. The van der Waals surface area contributed by atoms with E-state index >= 15 is 0 Å². The van der Waals surface area contributed by atoms with Gasteiger partial charge in [-0.3, -0.25) is 4.90 Å². The molecule has 0 radical (unpaired) electrons. The molecule has 2 fully saturated rings. The molecule has 2 aliphatic rings. The Morgan fingerprint density at radius 2 is 2.07 bits per heavy atom. The van der Waals surface area contributed by atoms with Gasteiger partial charge in [0.05, 0.1) is 23.2 Å². The SMILES string of the molecule is Cc1cc(-c2cnc(N3CCN4CCCC4C3)nc2-c2ccoc2C)on1. The third-order valence-electron chi connectivity index (χ3n) is 5.65. The van der Waals surface area contributed by atoms with Crippen LogP contribution in [0.15, 0.2) is 33.5 Å². The summed E-state index contributed by atoms with van der Waals surface area (Å²) < 4.78 is 11.0. The molecule has 0 amide bonds. The van der Waals surface area contributed by atoms with E-state index in [0.29, 0.717) is 11.8 Å². The van der Waals surface area contributed by atoms with Gasteiger partial charge in [-0.05, 0) is 39.3 Å². The highest BCUT2D eigenvalue weighted by atomic mass is 16.5. The summed E-state index contributed by atoms with van der Waals surface area (Å²) in [7, 11) is 0. The molecule has 7 nitrogen and oxygen atoms in total. The summed E-state index contributed by atoms with van der Waals surface area (Å²) in [5, 5.41) is 4.02. The van der Waals surface area contributed by atoms with E-state index in [4.69, 9.17) is 13.9 Å². The summed E-state index contributed by atoms with van der Waals surface area (Å²) >= 11 is 0. The maximum absolute atomic E-state index is 5.53. The van der Waals surface area contributed by atoms with Crippen molar-refractivity contribution in [1.82, 2.24) is 20.0 Å². The predicted octanol–water partition coefficient (Wildman–Crippen LogP) is 3.29. The van der Waals surface area contributed by atoms with Crippen LogP contribution >= 0.6 is 0 Å². The lowest BCUT2D eigenvalue weighted by atomic mass is 10.1. The Balaban J connectivity index is 1.55. The molecular formula is C20H23N5O2. The second kappa shape index (κ2) is 6.49. The quantitative estimate of drug-likeness (QED) is 0.705. The van der Waals surface area contributed by atoms with Crippen LogP contribution in [-0.4, -0.2) is 52.2 Å². The summed E-state index contributed by atoms with van der Waals surface area (Å²) in [5.74, 6) is 2.28. The van der Waals surface area contributed by atoms with Crippen LogP contribution in [0, 0.1) is 13.8 Å². The van der Waals surface area contributed by atoms with E-state index in [1.165, 1.54) is 19.4 Å². The molecule has 0 saturated carbocycles. The van der Waals surface area contributed by atoms with Crippen molar-refractivity contribution in [3.63, 3.8) is 0 Å². The van der Waals surface area contributed by atoms with Crippen molar-refractivity contribution >= 4 is 5.95 Å². The molecule has 1 atom stereocenters. The number of hydrogen-bond acceptors (Lipinski definition) is 7. The van der Waals surface area contributed by atoms with Crippen LogP contribution in [0.1, 0.15) is 24.3 Å². The zero-order valence-electron chi connectivity index (χ0n) is 15.7. The zero-order valence-corrected chi connectivity index (χ0v) is 15.7. The summed E-state index contributed by atoms with van der Waals surface area (Å²) in [6.07, 6.45) is 6.10. The van der Waals surface area contributed by atoms with Crippen LogP contribution < -0.4 is 4.90 Å². The number of aryl methyl sites for hydroxylation is 2. The van der Waals surface area contributed by atoms with Gasteiger partial charge in [0.1, 0.15) is 5.76 Å². The second-order valence-corrected chi connectivity index (χ2v) is 7.43. The fourth-order valence-corrected chi connectivity index (χ4v) is 4.20. The van der Waals surface area contributed by atoms with Gasteiger partial charge in [-0.15, -0.1) is 0 Å². The maximum Gasteiger partial charge on any atom is 0.225 e. The van der Waals surface area contributed by atoms with Crippen molar-refractivity contribution in [1.29, 1.82) is 0 Å². The lowest BCUT2D eigenvalue weighted by molar-refractivity contribution is 0.229. The molecule has 2 saturated heterocycles. The van der Waals surface area contributed by atoms with Gasteiger partial charge >= 0.3 is 0 Å². The molecule has 0 aliphatic carbocycles. The van der Waals surface area contributed by atoms with Gasteiger partial charge < -0.3 is 13.8 Å². The summed E-state index contributed by atoms with van der Waals surface area (Å²) in [6, 6.07) is 4.48. The molecule has 1 unspecified atom stereocenters. The number of piperazine rings is 1. The molecule has 5 rings (SSSR count). The smallest absolute Gasteiger partial charge is 0.225 e. The van der Waals surface area contributed by atoms with Gasteiger partial charge in [0.15, 0.2) is 5.76 Å². The normalized spacial score (nSPS) is 20.2. The summed E-state index contributed by atoms with van der Waals surface area (Å²) in [6.45, 7) is 8.11. The van der Waals surface area contributed by atoms with Crippen molar-refractivity contribution in [2.45, 2.75) is 32.7 Å². The topological polar surface area (TPSA) is 71.4 Å². The predicted molar refractivity (Wildman–Crippen MR) is 102 cm³/mol. The van der Waals surface area contributed by atoms with Gasteiger partial charge in [-0.1, -0.05) is 5.16 Å². The molecule has 5 heterocycles. The molecule has 27 heavy (non-hydrogen) atoms. The molecule has 7 heteroatoms. The van der Waals surface area contributed by atoms with Crippen LogP contribution in [0.25, 0.3) is 22.6 Å². The van der Waals surface area contributed by atoms with Crippen molar-refractivity contribution < 1.29 is 8.94 Å². The van der Waals surface area contributed by atoms with Gasteiger partial charge in [-0.25, -0.2) is 9.97 Å². The largest absolute Gasteiger partial charge is 0.469 e. The van der Waals surface area contributed by atoms with Crippen LogP contribution in [0.5, 0.6) is 0 Å². The van der Waals surface area contributed by atoms with E-state index in [2.05, 4.69) is 19.9 Å². The van der Waals surface area contributed by atoms with Gasteiger partial charge in [0, 0.05) is 43.5 Å². The zero-order chi connectivity index (χ0) is 18.4. The third-order valence-corrected chi connectivity index (χ3v) is 5.65. The maximum atomic E-state index is 5.53. The fraction of sp³-hybridized carbons (Fsp3) is 0.450. The minimum Gasteiger partial charge on any atom is -0.469 e. The van der Waals surface area contributed by atoms with E-state index in [1.807, 2.05) is 32.2 Å². The second-order valence-electron chi connectivity index (χ2n) is 7.43. The van der Waals surface area contributed by atoms with E-state index in [-0.39, 0.29) is 0 Å². The van der Waals surface area contributed by atoms with Crippen LogP contribution in [0.3, 0.4) is 0 Å². The minimum atomic E-state index is 0.623. The number of aromatic nitrogens is 3. The first-order chi connectivity index (χ1) is 13.2. The average Bonchev–Trinajstić information content (AvgIpc) is 3.41. The van der Waals surface area contributed by atoms with E-state index in [9.17, 15) is 0 Å². The first kappa shape index (κ1) is 16.5. The highest BCUT2D eigenvalue weighted by molar-refractivity contribution is 5.79. The van der Waals surface area contributed by atoms with Gasteiger partial charge in [0.2, 0.25) is 5.95 Å². The molecule has 0 bridgehead atoms. The Morgan fingerprint density at radius 1 is 1.15 bits per heavy atom. The number of anilines is 1. The Morgan fingerprint density at radius 3 is 2.85 bits per heavy atom. The molecule has 3 aromatic rings. The number of rotatable bonds is 3. The fourth-order valence-electron chi connectivity index (χ4n) is 4.20. The molecule has 0 aromatic carbocycles. The Hall–Kier alpha value is -2.67. The van der Waals surface area contributed by atoms with Crippen LogP contribution in [0.2, 0.25) is 0 Å². The van der Waals surface area contributed by atoms with Crippen molar-refractivity contribution in [3.8, 4) is 22.6 Å². The van der Waals surface area contributed by atoms with E-state index in [0.717, 1.165) is 53.9 Å². The summed E-state index contributed by atoms with van der Waals surface area (Å²) in [5.41, 5.74) is 3.46. The standard InChI is InChI=1S/C20H23N5O2/c1-13-10-18(27-23-13)17-11-21-20(22-19(17)16-5-9-26-14(16)2)25-8-7-24-6-3-4-15(24)12-25/h5,9-11,15H,3-4,6-8,12H2,1-2H3. The Bertz CT molecular complexity index is 963. The molecule has 2 aliphatic heterocycles. The van der Waals surface area contributed by atoms with Gasteiger partial charge in [-0.2, -0.15) is 0 Å². The first-order valence-electron chi connectivity index (χ1n) is 9.53. The molecule has 3 aromatic heterocycles. The number of fused-ring (bicyclic) bond motifs is 1. The van der Waals surface area contributed by atoms with Crippen LogP contribution in [-0.2, 0) is 0 Å². The Labute approximate surface area is 158 Å². The Kier molecular flexibility index (Phi) is 3.97.